The summed E-state index contributed by atoms with van der Waals surface area (Å²) in [5, 5.41) is 0. The lowest BCUT2D eigenvalue weighted by Gasteiger charge is -2.20. The van der Waals surface area contributed by atoms with Crippen LogP contribution in [0, 0.1) is 17.8 Å². The number of hydrogen-bond donors (Lipinski definition) is 3. The van der Waals surface area contributed by atoms with Crippen molar-refractivity contribution in [2.75, 3.05) is 18.9 Å². The molecule has 0 amide bonds. The number of aromatic amines is 1. The molecule has 0 aliphatic carbocycles. The van der Waals surface area contributed by atoms with Gasteiger partial charge in [-0.2, -0.15) is 4.98 Å². The minimum Gasteiger partial charge on any atom is -0.465 e. The van der Waals surface area contributed by atoms with Gasteiger partial charge in [-0.25, -0.2) is 4.98 Å². The highest BCUT2D eigenvalue weighted by atomic mass is 16.5. The molecule has 0 radical (unpaired) electrons. The van der Waals surface area contributed by atoms with E-state index in [-0.39, 0.29) is 48.4 Å². The molecule has 5 N–H and O–H groups in total. The summed E-state index contributed by atoms with van der Waals surface area (Å²) in [7, 11) is 0. The molecule has 2 rings (SSSR count). The Bertz CT molecular complexity index is 935. The van der Waals surface area contributed by atoms with E-state index in [4.69, 9.17) is 20.9 Å². The maximum absolute atomic E-state index is 12.1. The number of fused-ring (bicyclic) bond motifs is 1. The molecule has 0 spiro atoms. The van der Waals surface area contributed by atoms with Crippen molar-refractivity contribution >= 4 is 29.1 Å². The van der Waals surface area contributed by atoms with Crippen LogP contribution in [0.5, 0.6) is 0 Å². The van der Waals surface area contributed by atoms with Crippen molar-refractivity contribution in [2.45, 2.75) is 46.7 Å². The Kier molecular flexibility index (Phi) is 7.93. The Balaban J connectivity index is 2.07. The molecule has 166 valence electrons. The van der Waals surface area contributed by atoms with E-state index in [1.54, 1.807) is 18.4 Å². The third-order valence-corrected chi connectivity index (χ3v) is 4.66. The monoisotopic (exact) mass is 422 g/mol. The molecule has 0 saturated heterocycles. The molecule has 11 nitrogen and oxygen atoms in total. The standard InChI is InChI=1S/C19H30N6O5/c1-10(2)13(20)18(28)30-8-12(7-29-17(27)11(3)4)5-6-25-9-22-14-15(25)23-19(21)24-16(14)26/h9-13H,5-8,20H2,1-4H3,(H3,21,23,24,26)/t12?,13-/m0/s1. The molecule has 2 atom stereocenters. The third kappa shape index (κ3) is 6.02. The van der Waals surface area contributed by atoms with E-state index in [0.717, 1.165) is 0 Å². The van der Waals surface area contributed by atoms with Crippen LogP contribution in [-0.2, 0) is 25.6 Å². The van der Waals surface area contributed by atoms with Gasteiger partial charge in [0.05, 0.1) is 25.5 Å². The van der Waals surface area contributed by atoms with E-state index in [9.17, 15) is 14.4 Å². The first-order valence-electron chi connectivity index (χ1n) is 9.89. The van der Waals surface area contributed by atoms with Crippen LogP contribution in [0.15, 0.2) is 11.1 Å². The van der Waals surface area contributed by atoms with Crippen molar-refractivity contribution in [3.63, 3.8) is 0 Å². The molecule has 2 aromatic rings. The molecule has 0 aliphatic rings. The summed E-state index contributed by atoms with van der Waals surface area (Å²) >= 11 is 0. The Morgan fingerprint density at radius 3 is 2.40 bits per heavy atom. The first kappa shape index (κ1) is 23.3. The average Bonchev–Trinajstić information content (AvgIpc) is 3.09. The number of carbonyl (C=O) groups excluding carboxylic acids is 2. The summed E-state index contributed by atoms with van der Waals surface area (Å²) < 4.78 is 12.3. The van der Waals surface area contributed by atoms with E-state index in [1.165, 1.54) is 6.33 Å². The van der Waals surface area contributed by atoms with Gasteiger partial charge in [-0.3, -0.25) is 19.4 Å². The summed E-state index contributed by atoms with van der Waals surface area (Å²) in [6.07, 6.45) is 1.97. The van der Waals surface area contributed by atoms with Gasteiger partial charge in [-0.05, 0) is 12.3 Å². The topological polar surface area (TPSA) is 168 Å². The minimum absolute atomic E-state index is 0.00623. The lowest BCUT2D eigenvalue weighted by molar-refractivity contribution is -0.152. The summed E-state index contributed by atoms with van der Waals surface area (Å²) in [6.45, 7) is 7.69. The van der Waals surface area contributed by atoms with Crippen LogP contribution in [0.25, 0.3) is 11.2 Å². The van der Waals surface area contributed by atoms with Gasteiger partial charge in [0.15, 0.2) is 11.2 Å². The minimum atomic E-state index is -0.722. The Hall–Kier alpha value is -2.95. The Morgan fingerprint density at radius 2 is 1.80 bits per heavy atom. The van der Waals surface area contributed by atoms with Crippen molar-refractivity contribution in [1.82, 2.24) is 19.5 Å². The van der Waals surface area contributed by atoms with E-state index in [1.807, 2.05) is 13.8 Å². The van der Waals surface area contributed by atoms with Crippen molar-refractivity contribution in [3.8, 4) is 0 Å². The van der Waals surface area contributed by atoms with E-state index in [0.29, 0.717) is 18.6 Å². The molecular weight excluding hydrogens is 392 g/mol. The number of nitrogens with one attached hydrogen (secondary N) is 1. The Labute approximate surface area is 174 Å². The number of anilines is 1. The fourth-order valence-corrected chi connectivity index (χ4v) is 2.61. The second-order valence-electron chi connectivity index (χ2n) is 7.90. The van der Waals surface area contributed by atoms with E-state index >= 15 is 0 Å². The zero-order valence-electron chi connectivity index (χ0n) is 17.8. The predicted octanol–water partition coefficient (Wildman–Crippen LogP) is 0.434. The van der Waals surface area contributed by atoms with E-state index < -0.39 is 17.6 Å². The van der Waals surface area contributed by atoms with Gasteiger partial charge in [0, 0.05) is 12.5 Å². The third-order valence-electron chi connectivity index (χ3n) is 4.66. The number of nitrogens with zero attached hydrogens (tertiary/aromatic N) is 3. The molecule has 2 aromatic heterocycles. The number of aryl methyl sites for hydroxylation is 1. The number of hydrogen-bond acceptors (Lipinski definition) is 9. The summed E-state index contributed by atoms with van der Waals surface area (Å²) in [4.78, 5) is 46.4. The first-order valence-corrected chi connectivity index (χ1v) is 9.89. The fourth-order valence-electron chi connectivity index (χ4n) is 2.61. The fraction of sp³-hybridized carbons (Fsp3) is 0.632. The van der Waals surface area contributed by atoms with Crippen LogP contribution in [-0.4, -0.2) is 50.7 Å². The highest BCUT2D eigenvalue weighted by molar-refractivity contribution is 5.75. The molecular formula is C19H30N6O5. The van der Waals surface area contributed by atoms with Gasteiger partial charge in [0.25, 0.3) is 5.56 Å². The molecule has 30 heavy (non-hydrogen) atoms. The Morgan fingerprint density at radius 1 is 1.17 bits per heavy atom. The van der Waals surface area contributed by atoms with E-state index in [2.05, 4.69) is 15.0 Å². The van der Waals surface area contributed by atoms with Crippen LogP contribution in [0.3, 0.4) is 0 Å². The number of carbonyl (C=O) groups is 2. The number of imidazole rings is 1. The van der Waals surface area contributed by atoms with Crippen molar-refractivity contribution in [2.24, 2.45) is 23.5 Å². The molecule has 11 heteroatoms. The lowest BCUT2D eigenvalue weighted by atomic mass is 10.1. The normalized spacial score (nSPS) is 13.6. The summed E-state index contributed by atoms with van der Waals surface area (Å²) in [6, 6.07) is -0.722. The lowest BCUT2D eigenvalue weighted by Crippen LogP contribution is -2.38. The SMILES string of the molecule is CC(C)C(=O)OCC(CCn1cnc2c(=O)[nH]c(N)nc21)COC(=O)[C@@H](N)C(C)C. The number of ether oxygens (including phenoxy) is 2. The average molecular weight is 422 g/mol. The van der Waals surface area contributed by atoms with Gasteiger partial charge in [0.1, 0.15) is 6.04 Å². The molecule has 0 aliphatic heterocycles. The van der Waals surface area contributed by atoms with Gasteiger partial charge in [-0.15, -0.1) is 0 Å². The highest BCUT2D eigenvalue weighted by Gasteiger charge is 2.22. The van der Waals surface area contributed by atoms with Gasteiger partial charge >= 0.3 is 11.9 Å². The maximum Gasteiger partial charge on any atom is 0.323 e. The van der Waals surface area contributed by atoms with Crippen molar-refractivity contribution in [3.05, 3.63) is 16.7 Å². The van der Waals surface area contributed by atoms with Gasteiger partial charge in [0.2, 0.25) is 5.95 Å². The quantitative estimate of drug-likeness (QED) is 0.460. The van der Waals surface area contributed by atoms with Gasteiger partial charge < -0.3 is 25.5 Å². The van der Waals surface area contributed by atoms with Gasteiger partial charge in [-0.1, -0.05) is 27.7 Å². The van der Waals surface area contributed by atoms with Crippen LogP contribution in [0.1, 0.15) is 34.1 Å². The van der Waals surface area contributed by atoms with Crippen LogP contribution < -0.4 is 17.0 Å². The predicted molar refractivity (Wildman–Crippen MR) is 110 cm³/mol. The number of nitrogens with two attached hydrogens (primary N) is 2. The maximum atomic E-state index is 12.1. The second-order valence-corrected chi connectivity index (χ2v) is 7.90. The summed E-state index contributed by atoms with van der Waals surface area (Å²) in [5.41, 5.74) is 11.6. The molecule has 2 heterocycles. The number of rotatable bonds is 10. The molecule has 0 fully saturated rings. The molecule has 0 saturated carbocycles. The molecule has 0 bridgehead atoms. The zero-order valence-corrected chi connectivity index (χ0v) is 17.8. The largest absolute Gasteiger partial charge is 0.465 e. The number of esters is 2. The van der Waals surface area contributed by atoms with Crippen molar-refractivity contribution < 1.29 is 19.1 Å². The first-order chi connectivity index (χ1) is 14.1. The van der Waals surface area contributed by atoms with Crippen LogP contribution in [0.2, 0.25) is 0 Å². The van der Waals surface area contributed by atoms with Crippen molar-refractivity contribution in [1.29, 1.82) is 0 Å². The van der Waals surface area contributed by atoms with Crippen LogP contribution >= 0.6 is 0 Å². The molecule has 1 unspecified atom stereocenters. The smallest absolute Gasteiger partial charge is 0.323 e. The zero-order chi connectivity index (χ0) is 22.4. The number of nitrogen functional groups attached to an aromatic ring is 1. The number of H-pyrrole nitrogens is 1. The van der Waals surface area contributed by atoms with Crippen LogP contribution in [0.4, 0.5) is 5.95 Å². The summed E-state index contributed by atoms with van der Waals surface area (Å²) in [5.74, 6) is -1.43. The highest BCUT2D eigenvalue weighted by Crippen LogP contribution is 2.13. The molecule has 0 aromatic carbocycles. The second kappa shape index (κ2) is 10.2. The number of aromatic nitrogens is 4.